The number of thiophene rings is 1. The Kier molecular flexibility index (Phi) is 5.98. The van der Waals surface area contributed by atoms with E-state index < -0.39 is 0 Å². The molecule has 0 aliphatic rings. The van der Waals surface area contributed by atoms with E-state index in [0.717, 1.165) is 32.7 Å². The lowest BCUT2D eigenvalue weighted by atomic mass is 10.4. The van der Waals surface area contributed by atoms with Crippen molar-refractivity contribution in [1.29, 1.82) is 0 Å². The molecule has 0 saturated heterocycles. The van der Waals surface area contributed by atoms with Crippen LogP contribution in [-0.2, 0) is 6.54 Å². The Bertz CT molecular complexity index is 504. The smallest absolute Gasteiger partial charge is 0.110 e. The summed E-state index contributed by atoms with van der Waals surface area (Å²) < 4.78 is 1.90. The molecule has 2 aromatic heterocycles. The number of hydrogen-bond acceptors (Lipinski definition) is 4. The molecule has 0 radical (unpaired) electrons. The highest BCUT2D eigenvalue weighted by Crippen LogP contribution is 2.24. The molecule has 0 aliphatic carbocycles. The standard InChI is InChI=1S/C12H12BrClN2S2/c13-10-2-1-5-16-12(10)17-7-6-15-8-9-3-4-11(14)18-9/h1-5,15H,6-8H2. The quantitative estimate of drug-likeness (QED) is 0.606. The van der Waals surface area contributed by atoms with E-state index in [-0.39, 0.29) is 0 Å². The summed E-state index contributed by atoms with van der Waals surface area (Å²) in [4.78, 5) is 5.58. The summed E-state index contributed by atoms with van der Waals surface area (Å²) in [6, 6.07) is 7.93. The van der Waals surface area contributed by atoms with Gasteiger partial charge in [-0.15, -0.1) is 23.1 Å². The van der Waals surface area contributed by atoms with E-state index >= 15 is 0 Å². The van der Waals surface area contributed by atoms with Gasteiger partial charge in [-0.3, -0.25) is 0 Å². The molecule has 0 atom stereocenters. The highest BCUT2D eigenvalue weighted by Gasteiger charge is 2.01. The minimum Gasteiger partial charge on any atom is -0.311 e. The Morgan fingerprint density at radius 2 is 2.28 bits per heavy atom. The summed E-state index contributed by atoms with van der Waals surface area (Å²) in [5, 5.41) is 4.43. The first-order valence-corrected chi connectivity index (χ1v) is 8.41. The molecule has 18 heavy (non-hydrogen) atoms. The van der Waals surface area contributed by atoms with Crippen molar-refractivity contribution in [3.05, 3.63) is 44.1 Å². The van der Waals surface area contributed by atoms with Crippen LogP contribution in [0.1, 0.15) is 4.88 Å². The van der Waals surface area contributed by atoms with Crippen molar-refractivity contribution in [2.24, 2.45) is 0 Å². The molecule has 96 valence electrons. The Labute approximate surface area is 128 Å². The predicted molar refractivity (Wildman–Crippen MR) is 83.7 cm³/mol. The number of aromatic nitrogens is 1. The second-order valence-electron chi connectivity index (χ2n) is 3.52. The summed E-state index contributed by atoms with van der Waals surface area (Å²) >= 11 is 12.7. The minimum absolute atomic E-state index is 0.846. The van der Waals surface area contributed by atoms with Crippen LogP contribution in [0.15, 0.2) is 40.0 Å². The van der Waals surface area contributed by atoms with Gasteiger partial charge in [0.15, 0.2) is 0 Å². The zero-order chi connectivity index (χ0) is 12.8. The Morgan fingerprint density at radius 3 is 3.00 bits per heavy atom. The molecular weight excluding hydrogens is 352 g/mol. The molecule has 0 saturated carbocycles. The second kappa shape index (κ2) is 7.50. The van der Waals surface area contributed by atoms with Gasteiger partial charge in [0.25, 0.3) is 0 Å². The average molecular weight is 364 g/mol. The van der Waals surface area contributed by atoms with Crippen molar-refractivity contribution >= 4 is 50.6 Å². The lowest BCUT2D eigenvalue weighted by Crippen LogP contribution is -2.15. The minimum atomic E-state index is 0.846. The maximum Gasteiger partial charge on any atom is 0.110 e. The van der Waals surface area contributed by atoms with E-state index in [1.165, 1.54) is 4.88 Å². The SMILES string of the molecule is Clc1ccc(CNCCSc2ncccc2Br)s1. The summed E-state index contributed by atoms with van der Waals surface area (Å²) in [7, 11) is 0. The summed E-state index contributed by atoms with van der Waals surface area (Å²) in [5.74, 6) is 0.995. The van der Waals surface area contributed by atoms with E-state index in [1.54, 1.807) is 23.1 Å². The molecule has 0 aromatic carbocycles. The van der Waals surface area contributed by atoms with Crippen LogP contribution >= 0.6 is 50.6 Å². The van der Waals surface area contributed by atoms with Crippen LogP contribution in [0.5, 0.6) is 0 Å². The van der Waals surface area contributed by atoms with Crippen LogP contribution in [0.4, 0.5) is 0 Å². The fraction of sp³-hybridized carbons (Fsp3) is 0.250. The molecule has 0 unspecified atom stereocenters. The topological polar surface area (TPSA) is 24.9 Å². The van der Waals surface area contributed by atoms with E-state index in [9.17, 15) is 0 Å². The van der Waals surface area contributed by atoms with Crippen molar-refractivity contribution in [3.63, 3.8) is 0 Å². The molecule has 2 heterocycles. The normalized spacial score (nSPS) is 10.8. The third-order valence-electron chi connectivity index (χ3n) is 2.17. The van der Waals surface area contributed by atoms with Gasteiger partial charge < -0.3 is 5.32 Å². The molecule has 2 nitrogen and oxygen atoms in total. The molecule has 0 amide bonds. The van der Waals surface area contributed by atoms with E-state index in [2.05, 4.69) is 32.3 Å². The van der Waals surface area contributed by atoms with Crippen LogP contribution < -0.4 is 5.32 Å². The first-order valence-electron chi connectivity index (χ1n) is 5.44. The zero-order valence-electron chi connectivity index (χ0n) is 9.53. The number of halogens is 2. The van der Waals surface area contributed by atoms with Crippen molar-refractivity contribution < 1.29 is 0 Å². The van der Waals surface area contributed by atoms with Gasteiger partial charge in [0.05, 0.1) is 4.34 Å². The molecule has 2 rings (SSSR count). The van der Waals surface area contributed by atoms with Crippen molar-refractivity contribution in [2.45, 2.75) is 11.6 Å². The van der Waals surface area contributed by atoms with E-state index in [0.29, 0.717) is 0 Å². The number of thioether (sulfide) groups is 1. The maximum absolute atomic E-state index is 5.87. The zero-order valence-corrected chi connectivity index (χ0v) is 13.5. The van der Waals surface area contributed by atoms with Gasteiger partial charge >= 0.3 is 0 Å². The summed E-state index contributed by atoms with van der Waals surface area (Å²) in [6.07, 6.45) is 1.81. The monoisotopic (exact) mass is 362 g/mol. The molecular formula is C12H12BrClN2S2. The number of pyridine rings is 1. The van der Waals surface area contributed by atoms with Crippen LogP contribution in [0, 0.1) is 0 Å². The fourth-order valence-electron chi connectivity index (χ4n) is 1.36. The first-order chi connectivity index (χ1) is 8.75. The average Bonchev–Trinajstić information content (AvgIpc) is 2.77. The molecule has 2 aromatic rings. The van der Waals surface area contributed by atoms with Gasteiger partial charge in [-0.2, -0.15) is 0 Å². The largest absolute Gasteiger partial charge is 0.311 e. The molecule has 0 aliphatic heterocycles. The summed E-state index contributed by atoms with van der Waals surface area (Å²) in [5.41, 5.74) is 0. The van der Waals surface area contributed by atoms with Crippen LogP contribution in [-0.4, -0.2) is 17.3 Å². The van der Waals surface area contributed by atoms with Crippen LogP contribution in [0.2, 0.25) is 4.34 Å². The number of nitrogens with zero attached hydrogens (tertiary/aromatic N) is 1. The van der Waals surface area contributed by atoms with Gasteiger partial charge in [0, 0.05) is 34.4 Å². The van der Waals surface area contributed by atoms with Gasteiger partial charge in [0.2, 0.25) is 0 Å². The van der Waals surface area contributed by atoms with Crippen molar-refractivity contribution in [1.82, 2.24) is 10.3 Å². The number of rotatable bonds is 6. The second-order valence-corrected chi connectivity index (χ2v) is 7.26. The lowest BCUT2D eigenvalue weighted by molar-refractivity contribution is 0.740. The van der Waals surface area contributed by atoms with Gasteiger partial charge in [-0.25, -0.2) is 4.98 Å². The Hall–Kier alpha value is -0.0700. The molecule has 6 heteroatoms. The van der Waals surface area contributed by atoms with Crippen molar-refractivity contribution in [3.8, 4) is 0 Å². The molecule has 0 spiro atoms. The fourth-order valence-corrected chi connectivity index (χ4v) is 3.79. The van der Waals surface area contributed by atoms with Crippen LogP contribution in [0.25, 0.3) is 0 Å². The Balaban J connectivity index is 1.66. The Morgan fingerprint density at radius 1 is 1.39 bits per heavy atom. The van der Waals surface area contributed by atoms with Gasteiger partial charge in [0.1, 0.15) is 5.03 Å². The van der Waals surface area contributed by atoms with Gasteiger partial charge in [-0.05, 0) is 40.2 Å². The number of nitrogens with one attached hydrogen (secondary N) is 1. The number of hydrogen-bond donors (Lipinski definition) is 1. The molecule has 1 N–H and O–H groups in total. The van der Waals surface area contributed by atoms with E-state index in [4.69, 9.17) is 11.6 Å². The highest BCUT2D eigenvalue weighted by atomic mass is 79.9. The summed E-state index contributed by atoms with van der Waals surface area (Å²) in [6.45, 7) is 1.82. The highest BCUT2D eigenvalue weighted by molar-refractivity contribution is 9.10. The third-order valence-corrected chi connectivity index (χ3v) is 5.31. The van der Waals surface area contributed by atoms with E-state index in [1.807, 2.05) is 24.4 Å². The van der Waals surface area contributed by atoms with Crippen LogP contribution in [0.3, 0.4) is 0 Å². The molecule has 0 fully saturated rings. The maximum atomic E-state index is 5.87. The lowest BCUT2D eigenvalue weighted by Gasteiger charge is -2.04. The van der Waals surface area contributed by atoms with Crippen molar-refractivity contribution in [2.75, 3.05) is 12.3 Å². The third kappa shape index (κ3) is 4.55. The molecule has 0 bridgehead atoms. The predicted octanol–water partition coefficient (Wildman–Crippen LogP) is 4.44. The first kappa shape index (κ1) is 14.3. The van der Waals surface area contributed by atoms with Gasteiger partial charge in [-0.1, -0.05) is 11.6 Å².